The molecule has 1 aromatic carbocycles. The normalized spacial score (nSPS) is 14.6. The number of nitrogens with one attached hydrogen (secondary N) is 2. The minimum Gasteiger partial charge on any atom is -0.382 e. The lowest BCUT2D eigenvalue weighted by molar-refractivity contribution is 0.0904. The predicted octanol–water partition coefficient (Wildman–Crippen LogP) is 4.44. The van der Waals surface area contributed by atoms with Gasteiger partial charge in [0.05, 0.1) is 0 Å². The first kappa shape index (κ1) is 18.4. The fourth-order valence-electron chi connectivity index (χ4n) is 3.25. The summed E-state index contributed by atoms with van der Waals surface area (Å²) in [5, 5.41) is 6.99. The van der Waals surface area contributed by atoms with Gasteiger partial charge in [0, 0.05) is 60.3 Å². The maximum Gasteiger partial charge on any atom is 0.161 e. The van der Waals surface area contributed by atoms with Crippen molar-refractivity contribution in [3.63, 3.8) is 0 Å². The monoisotopic (exact) mass is 375 g/mol. The fourth-order valence-corrected chi connectivity index (χ4v) is 3.25. The molecule has 1 fully saturated rings. The average molecular weight is 375 g/mol. The van der Waals surface area contributed by atoms with Gasteiger partial charge in [-0.05, 0) is 55.7 Å². The highest BCUT2D eigenvalue weighted by Crippen LogP contribution is 2.23. The van der Waals surface area contributed by atoms with Crippen LogP contribution in [0.2, 0.25) is 0 Å². The van der Waals surface area contributed by atoms with E-state index in [0.29, 0.717) is 11.9 Å². The van der Waals surface area contributed by atoms with Gasteiger partial charge in [-0.15, -0.1) is 0 Å². The molecule has 2 N–H and O–H groups in total. The Morgan fingerprint density at radius 2 is 1.68 bits per heavy atom. The Hall–Kier alpha value is -2.99. The minimum absolute atomic E-state index is 0.490. The number of hydrogen-bond donors (Lipinski definition) is 2. The van der Waals surface area contributed by atoms with Gasteiger partial charge in [-0.2, -0.15) is 0 Å². The van der Waals surface area contributed by atoms with Crippen LogP contribution in [0.4, 0.5) is 17.2 Å². The molecule has 28 heavy (non-hydrogen) atoms. The zero-order valence-electron chi connectivity index (χ0n) is 16.1. The van der Waals surface area contributed by atoms with E-state index >= 15 is 0 Å². The van der Waals surface area contributed by atoms with Crippen LogP contribution >= 0.6 is 0 Å². The lowest BCUT2D eigenvalue weighted by Crippen LogP contribution is -2.27. The van der Waals surface area contributed by atoms with E-state index in [2.05, 4.69) is 56.8 Å². The molecule has 0 bridgehead atoms. The van der Waals surface area contributed by atoms with Crippen LogP contribution in [0.1, 0.15) is 25.5 Å². The van der Waals surface area contributed by atoms with Gasteiger partial charge in [-0.3, -0.25) is 4.98 Å². The molecular formula is C22H25N5O. The SMILES string of the molecule is CCc1cc(Nc2ccc(NC3CCOCC3)cc2)nc(-c2ccncc2)n1. The highest BCUT2D eigenvalue weighted by molar-refractivity contribution is 5.63. The quantitative estimate of drug-likeness (QED) is 0.664. The Kier molecular flexibility index (Phi) is 5.77. The lowest BCUT2D eigenvalue weighted by Gasteiger charge is -2.24. The Morgan fingerprint density at radius 3 is 2.39 bits per heavy atom. The molecule has 2 aromatic heterocycles. The number of ether oxygens (including phenoxy) is 1. The van der Waals surface area contributed by atoms with Gasteiger partial charge in [-0.1, -0.05) is 6.92 Å². The second-order valence-corrected chi connectivity index (χ2v) is 6.89. The second-order valence-electron chi connectivity index (χ2n) is 6.89. The smallest absolute Gasteiger partial charge is 0.161 e. The van der Waals surface area contributed by atoms with Crippen LogP contribution in [0.15, 0.2) is 54.9 Å². The number of pyridine rings is 1. The van der Waals surface area contributed by atoms with Crippen LogP contribution in [0.25, 0.3) is 11.4 Å². The fraction of sp³-hybridized carbons (Fsp3) is 0.318. The van der Waals surface area contributed by atoms with E-state index in [-0.39, 0.29) is 0 Å². The van der Waals surface area contributed by atoms with Crippen LogP contribution in [0.5, 0.6) is 0 Å². The third kappa shape index (κ3) is 4.64. The maximum absolute atomic E-state index is 5.42. The summed E-state index contributed by atoms with van der Waals surface area (Å²) in [4.78, 5) is 13.4. The van der Waals surface area contributed by atoms with Crippen LogP contribution in [0.3, 0.4) is 0 Å². The molecule has 6 heteroatoms. The molecule has 6 nitrogen and oxygen atoms in total. The second kappa shape index (κ2) is 8.80. The third-order valence-electron chi connectivity index (χ3n) is 4.83. The van der Waals surface area contributed by atoms with Crippen molar-refractivity contribution in [2.75, 3.05) is 23.8 Å². The van der Waals surface area contributed by atoms with E-state index in [1.807, 2.05) is 18.2 Å². The number of hydrogen-bond acceptors (Lipinski definition) is 6. The first-order chi connectivity index (χ1) is 13.8. The van der Waals surface area contributed by atoms with Crippen LogP contribution < -0.4 is 10.6 Å². The Morgan fingerprint density at radius 1 is 0.964 bits per heavy atom. The number of benzene rings is 1. The van der Waals surface area contributed by atoms with Gasteiger partial charge < -0.3 is 15.4 Å². The maximum atomic E-state index is 5.42. The van der Waals surface area contributed by atoms with E-state index in [9.17, 15) is 0 Å². The summed E-state index contributed by atoms with van der Waals surface area (Å²) in [6, 6.07) is 14.7. The lowest BCUT2D eigenvalue weighted by atomic mass is 10.1. The molecule has 0 spiro atoms. The standard InChI is InChI=1S/C22H25N5O/c1-2-17-15-21(27-22(26-17)16-7-11-23-12-8-16)25-19-5-3-18(4-6-19)24-20-9-13-28-14-10-20/h3-8,11-12,15,20,24H,2,9-10,13-14H2,1H3,(H,25,26,27). The van der Waals surface area contributed by atoms with Gasteiger partial charge >= 0.3 is 0 Å². The molecule has 0 saturated carbocycles. The van der Waals surface area contributed by atoms with E-state index in [0.717, 1.165) is 60.9 Å². The van der Waals surface area contributed by atoms with E-state index < -0.39 is 0 Å². The largest absolute Gasteiger partial charge is 0.382 e. The summed E-state index contributed by atoms with van der Waals surface area (Å²) >= 11 is 0. The number of nitrogens with zero attached hydrogens (tertiary/aromatic N) is 3. The van der Waals surface area contributed by atoms with E-state index in [1.165, 1.54) is 0 Å². The van der Waals surface area contributed by atoms with Gasteiger partial charge in [0.25, 0.3) is 0 Å². The molecule has 4 rings (SSSR count). The van der Waals surface area contributed by atoms with E-state index in [4.69, 9.17) is 4.74 Å². The summed E-state index contributed by atoms with van der Waals surface area (Å²) in [5.41, 5.74) is 4.09. The van der Waals surface area contributed by atoms with Crippen LogP contribution in [-0.4, -0.2) is 34.2 Å². The zero-order chi connectivity index (χ0) is 19.2. The topological polar surface area (TPSA) is 72.0 Å². The third-order valence-corrected chi connectivity index (χ3v) is 4.83. The highest BCUT2D eigenvalue weighted by Gasteiger charge is 2.13. The van der Waals surface area contributed by atoms with Crippen molar-refractivity contribution < 1.29 is 4.74 Å². The van der Waals surface area contributed by atoms with Crippen molar-refractivity contribution in [1.29, 1.82) is 0 Å². The van der Waals surface area contributed by atoms with Gasteiger partial charge in [0.1, 0.15) is 5.82 Å². The van der Waals surface area contributed by atoms with Crippen molar-refractivity contribution >= 4 is 17.2 Å². The molecule has 1 aliphatic rings. The average Bonchev–Trinajstić information content (AvgIpc) is 2.76. The summed E-state index contributed by atoms with van der Waals surface area (Å²) in [5.74, 6) is 1.51. The van der Waals surface area contributed by atoms with Crippen LogP contribution in [0, 0.1) is 0 Å². The number of aromatic nitrogens is 3. The van der Waals surface area contributed by atoms with Crippen molar-refractivity contribution in [2.45, 2.75) is 32.2 Å². The Bertz CT molecular complexity index is 893. The molecule has 0 amide bonds. The first-order valence-corrected chi connectivity index (χ1v) is 9.80. The summed E-state index contributed by atoms with van der Waals surface area (Å²) < 4.78 is 5.42. The molecular weight excluding hydrogens is 350 g/mol. The molecule has 0 radical (unpaired) electrons. The molecule has 144 valence electrons. The highest BCUT2D eigenvalue weighted by atomic mass is 16.5. The predicted molar refractivity (Wildman–Crippen MR) is 112 cm³/mol. The van der Waals surface area contributed by atoms with Crippen molar-refractivity contribution in [3.05, 3.63) is 60.6 Å². The molecule has 3 heterocycles. The number of anilines is 3. The zero-order valence-corrected chi connectivity index (χ0v) is 16.1. The molecule has 3 aromatic rings. The molecule has 0 unspecified atom stereocenters. The van der Waals surface area contributed by atoms with Crippen molar-refractivity contribution in [2.24, 2.45) is 0 Å². The first-order valence-electron chi connectivity index (χ1n) is 9.80. The van der Waals surface area contributed by atoms with Gasteiger partial charge in [-0.25, -0.2) is 9.97 Å². The van der Waals surface area contributed by atoms with Gasteiger partial charge in [0.15, 0.2) is 5.82 Å². The van der Waals surface area contributed by atoms with Crippen molar-refractivity contribution in [1.82, 2.24) is 15.0 Å². The summed E-state index contributed by atoms with van der Waals surface area (Å²) in [6.07, 6.45) is 6.48. The molecule has 0 atom stereocenters. The van der Waals surface area contributed by atoms with Crippen LogP contribution in [-0.2, 0) is 11.2 Å². The molecule has 0 aliphatic carbocycles. The van der Waals surface area contributed by atoms with E-state index in [1.54, 1.807) is 12.4 Å². The summed E-state index contributed by atoms with van der Waals surface area (Å²) in [6.45, 7) is 3.77. The molecule has 1 saturated heterocycles. The molecule has 1 aliphatic heterocycles. The van der Waals surface area contributed by atoms with Gasteiger partial charge in [0.2, 0.25) is 0 Å². The number of aryl methyl sites for hydroxylation is 1. The Balaban J connectivity index is 1.49. The minimum atomic E-state index is 0.490. The summed E-state index contributed by atoms with van der Waals surface area (Å²) in [7, 11) is 0. The van der Waals surface area contributed by atoms with Crippen molar-refractivity contribution in [3.8, 4) is 11.4 Å². The Labute approximate surface area is 165 Å². The number of rotatable bonds is 6.